The molecule has 0 fully saturated rings. The van der Waals surface area contributed by atoms with Crippen LogP contribution in [0.1, 0.15) is 0 Å². The Morgan fingerprint density at radius 2 is 2.19 bits per heavy atom. The highest BCUT2D eigenvalue weighted by atomic mass is 16.6. The second-order valence-electron chi connectivity index (χ2n) is 2.85. The Labute approximate surface area is 92.2 Å². The number of aromatic nitrogens is 2. The van der Waals surface area contributed by atoms with Gasteiger partial charge in [-0.3, -0.25) is 10.1 Å². The third-order valence-corrected chi connectivity index (χ3v) is 1.84. The summed E-state index contributed by atoms with van der Waals surface area (Å²) in [7, 11) is 3.11. The molecule has 0 aliphatic heterocycles. The van der Waals surface area contributed by atoms with Gasteiger partial charge >= 0.3 is 5.69 Å². The Morgan fingerprint density at radius 3 is 2.75 bits per heavy atom. The topological polar surface area (TPSA) is 102 Å². The van der Waals surface area contributed by atoms with E-state index in [-0.39, 0.29) is 17.3 Å². The molecule has 16 heavy (non-hydrogen) atoms. The first kappa shape index (κ1) is 12.1. The van der Waals surface area contributed by atoms with Crippen LogP contribution in [-0.4, -0.2) is 42.2 Å². The largest absolute Gasteiger partial charge is 0.383 e. The third-order valence-electron chi connectivity index (χ3n) is 1.84. The first-order valence-corrected chi connectivity index (χ1v) is 4.60. The summed E-state index contributed by atoms with van der Waals surface area (Å²) in [6, 6.07) is 0. The fourth-order valence-electron chi connectivity index (χ4n) is 1.14. The van der Waals surface area contributed by atoms with E-state index in [4.69, 9.17) is 4.74 Å². The average molecular weight is 227 g/mol. The van der Waals surface area contributed by atoms with Crippen LogP contribution in [0.3, 0.4) is 0 Å². The van der Waals surface area contributed by atoms with Gasteiger partial charge in [0.2, 0.25) is 11.6 Å². The van der Waals surface area contributed by atoms with E-state index in [9.17, 15) is 10.1 Å². The van der Waals surface area contributed by atoms with Crippen molar-refractivity contribution in [2.45, 2.75) is 0 Å². The van der Waals surface area contributed by atoms with Gasteiger partial charge < -0.3 is 15.4 Å². The molecule has 1 aromatic heterocycles. The van der Waals surface area contributed by atoms with Crippen molar-refractivity contribution in [2.24, 2.45) is 0 Å². The van der Waals surface area contributed by atoms with Crippen LogP contribution < -0.4 is 10.6 Å². The maximum absolute atomic E-state index is 10.8. The van der Waals surface area contributed by atoms with E-state index in [1.54, 1.807) is 14.2 Å². The maximum Gasteiger partial charge on any atom is 0.353 e. The minimum absolute atomic E-state index is 0.166. The Bertz CT molecular complexity index is 371. The molecule has 8 heteroatoms. The zero-order valence-electron chi connectivity index (χ0n) is 9.06. The fourth-order valence-corrected chi connectivity index (χ4v) is 1.14. The van der Waals surface area contributed by atoms with Crippen molar-refractivity contribution in [3.8, 4) is 0 Å². The fraction of sp³-hybridized carbons (Fsp3) is 0.500. The van der Waals surface area contributed by atoms with Gasteiger partial charge in [-0.1, -0.05) is 0 Å². The zero-order valence-corrected chi connectivity index (χ0v) is 9.06. The lowest BCUT2D eigenvalue weighted by molar-refractivity contribution is -0.383. The van der Waals surface area contributed by atoms with Gasteiger partial charge in [0.05, 0.1) is 11.5 Å². The number of methoxy groups -OCH3 is 1. The van der Waals surface area contributed by atoms with E-state index >= 15 is 0 Å². The number of hydrogen-bond donors (Lipinski definition) is 2. The van der Waals surface area contributed by atoms with Gasteiger partial charge in [-0.25, -0.2) is 9.97 Å². The molecule has 0 aromatic carbocycles. The number of nitro groups is 1. The molecule has 0 amide bonds. The number of ether oxygens (including phenoxy) is 1. The lowest BCUT2D eigenvalue weighted by atomic mass is 10.4. The van der Waals surface area contributed by atoms with Crippen molar-refractivity contribution in [3.63, 3.8) is 0 Å². The van der Waals surface area contributed by atoms with E-state index in [1.807, 2.05) is 0 Å². The van der Waals surface area contributed by atoms with E-state index in [1.165, 1.54) is 6.33 Å². The number of nitrogens with zero attached hydrogens (tertiary/aromatic N) is 3. The zero-order chi connectivity index (χ0) is 12.0. The Balaban J connectivity index is 2.93. The molecule has 2 N–H and O–H groups in total. The van der Waals surface area contributed by atoms with E-state index in [2.05, 4.69) is 20.6 Å². The summed E-state index contributed by atoms with van der Waals surface area (Å²) < 4.78 is 4.83. The highest BCUT2D eigenvalue weighted by molar-refractivity contribution is 5.68. The SMILES string of the molecule is CNc1ncnc(NCCOC)c1[N+](=O)[O-]. The summed E-state index contributed by atoms with van der Waals surface area (Å²) in [5.74, 6) is 0.362. The molecule has 0 atom stereocenters. The lowest BCUT2D eigenvalue weighted by Crippen LogP contribution is -2.12. The van der Waals surface area contributed by atoms with Crippen molar-refractivity contribution in [2.75, 3.05) is 37.9 Å². The summed E-state index contributed by atoms with van der Waals surface area (Å²) in [6.07, 6.45) is 1.26. The Kier molecular flexibility index (Phi) is 4.40. The van der Waals surface area contributed by atoms with Crippen molar-refractivity contribution in [1.29, 1.82) is 0 Å². The molecule has 1 rings (SSSR count). The molecular formula is C8H13N5O3. The average Bonchev–Trinajstić information content (AvgIpc) is 2.28. The van der Waals surface area contributed by atoms with Gasteiger partial charge in [0.15, 0.2) is 0 Å². The molecule has 0 bridgehead atoms. The minimum Gasteiger partial charge on any atom is -0.383 e. The molecule has 0 aliphatic rings. The standard InChI is InChI=1S/C8H13N5O3/c1-9-7-6(13(14)15)8(12-5-11-7)10-3-4-16-2/h5H,3-4H2,1-2H3,(H2,9,10,11,12). The third kappa shape index (κ3) is 2.76. The van der Waals surface area contributed by atoms with E-state index < -0.39 is 4.92 Å². The summed E-state index contributed by atoms with van der Waals surface area (Å²) >= 11 is 0. The molecule has 0 radical (unpaired) electrons. The smallest absolute Gasteiger partial charge is 0.353 e. The van der Waals surface area contributed by atoms with Crippen LogP contribution in [0.2, 0.25) is 0 Å². The predicted octanol–water partition coefficient (Wildman–Crippen LogP) is 0.485. The second-order valence-corrected chi connectivity index (χ2v) is 2.85. The number of rotatable bonds is 6. The highest BCUT2D eigenvalue weighted by Crippen LogP contribution is 2.27. The molecule has 88 valence electrons. The van der Waals surface area contributed by atoms with Gasteiger partial charge in [0.1, 0.15) is 6.33 Å². The summed E-state index contributed by atoms with van der Waals surface area (Å²) in [5, 5.41) is 16.3. The summed E-state index contributed by atoms with van der Waals surface area (Å²) in [6.45, 7) is 0.882. The predicted molar refractivity (Wildman–Crippen MR) is 58.6 cm³/mol. The normalized spacial score (nSPS) is 9.88. The van der Waals surface area contributed by atoms with Gasteiger partial charge in [0, 0.05) is 20.7 Å². The molecule has 0 saturated heterocycles. The van der Waals surface area contributed by atoms with Crippen LogP contribution in [0.15, 0.2) is 6.33 Å². The number of hydrogen-bond acceptors (Lipinski definition) is 7. The molecule has 8 nitrogen and oxygen atoms in total. The monoisotopic (exact) mass is 227 g/mol. The second kappa shape index (κ2) is 5.81. The van der Waals surface area contributed by atoms with Crippen LogP contribution in [0.4, 0.5) is 17.3 Å². The first-order valence-electron chi connectivity index (χ1n) is 4.60. The van der Waals surface area contributed by atoms with Crippen molar-refractivity contribution in [3.05, 3.63) is 16.4 Å². The molecule has 0 aliphatic carbocycles. The molecule has 0 unspecified atom stereocenters. The van der Waals surface area contributed by atoms with Crippen molar-refractivity contribution in [1.82, 2.24) is 9.97 Å². The van der Waals surface area contributed by atoms with Crippen molar-refractivity contribution >= 4 is 17.3 Å². The van der Waals surface area contributed by atoms with Gasteiger partial charge in [-0.05, 0) is 0 Å². The Hall–Kier alpha value is -1.96. The number of anilines is 2. The van der Waals surface area contributed by atoms with Crippen LogP contribution in [-0.2, 0) is 4.74 Å². The van der Waals surface area contributed by atoms with Gasteiger partial charge in [-0.15, -0.1) is 0 Å². The van der Waals surface area contributed by atoms with Crippen LogP contribution in [0, 0.1) is 10.1 Å². The highest BCUT2D eigenvalue weighted by Gasteiger charge is 2.21. The maximum atomic E-state index is 10.8. The van der Waals surface area contributed by atoms with Crippen molar-refractivity contribution < 1.29 is 9.66 Å². The van der Waals surface area contributed by atoms with E-state index in [0.29, 0.717) is 13.2 Å². The van der Waals surface area contributed by atoms with Crippen LogP contribution >= 0.6 is 0 Å². The molecule has 1 heterocycles. The van der Waals surface area contributed by atoms with Crippen LogP contribution in [0.25, 0.3) is 0 Å². The summed E-state index contributed by atoms with van der Waals surface area (Å²) in [5.41, 5.74) is -0.166. The molecular weight excluding hydrogens is 214 g/mol. The van der Waals surface area contributed by atoms with Gasteiger partial charge in [-0.2, -0.15) is 0 Å². The number of nitrogens with one attached hydrogen (secondary N) is 2. The van der Waals surface area contributed by atoms with E-state index in [0.717, 1.165) is 0 Å². The lowest BCUT2D eigenvalue weighted by Gasteiger charge is -2.07. The Morgan fingerprint density at radius 1 is 1.50 bits per heavy atom. The summed E-state index contributed by atoms with van der Waals surface area (Å²) in [4.78, 5) is 17.9. The molecule has 1 aromatic rings. The molecule has 0 saturated carbocycles. The quantitative estimate of drug-likeness (QED) is 0.414. The van der Waals surface area contributed by atoms with Crippen LogP contribution in [0.5, 0.6) is 0 Å². The first-order chi connectivity index (χ1) is 7.70. The minimum atomic E-state index is -0.527. The molecule has 0 spiro atoms. The van der Waals surface area contributed by atoms with Gasteiger partial charge in [0.25, 0.3) is 0 Å².